The Morgan fingerprint density at radius 1 is 1.53 bits per heavy atom. The van der Waals surface area contributed by atoms with Crippen molar-refractivity contribution < 1.29 is 9.21 Å². The summed E-state index contributed by atoms with van der Waals surface area (Å²) in [4.78, 5) is 16.0. The average Bonchev–Trinajstić information content (AvgIpc) is 2.83. The molecule has 2 aromatic heterocycles. The van der Waals surface area contributed by atoms with Gasteiger partial charge in [-0.2, -0.15) is 5.10 Å². The number of H-pyrrole nitrogens is 1. The summed E-state index contributed by atoms with van der Waals surface area (Å²) in [6.45, 7) is 1.80. The lowest BCUT2D eigenvalue weighted by Gasteiger charge is -2.16. The average molecular weight is 232 g/mol. The number of nitrogens with zero attached hydrogens (tertiary/aromatic N) is 2. The van der Waals surface area contributed by atoms with E-state index in [2.05, 4.69) is 15.2 Å². The SMILES string of the molecule is Cc1cnc(-c2n[nH]c3c2C(=O)CC(N)C3)o1. The van der Waals surface area contributed by atoms with Crippen LogP contribution in [0.5, 0.6) is 0 Å². The molecule has 1 unspecified atom stereocenters. The molecule has 0 fully saturated rings. The minimum atomic E-state index is -0.130. The summed E-state index contributed by atoms with van der Waals surface area (Å²) in [5.74, 6) is 1.07. The number of oxazole rings is 1. The fourth-order valence-corrected chi connectivity index (χ4v) is 2.12. The first-order chi connectivity index (χ1) is 8.15. The topological polar surface area (TPSA) is 97.8 Å². The molecule has 0 bridgehead atoms. The van der Waals surface area contributed by atoms with Gasteiger partial charge in [-0.1, -0.05) is 0 Å². The first-order valence-electron chi connectivity index (χ1n) is 5.44. The first kappa shape index (κ1) is 10.2. The van der Waals surface area contributed by atoms with Crippen LogP contribution in [0.1, 0.15) is 28.2 Å². The highest BCUT2D eigenvalue weighted by Crippen LogP contribution is 2.28. The van der Waals surface area contributed by atoms with Crippen LogP contribution in [0.2, 0.25) is 0 Å². The predicted octanol–water partition coefficient (Wildman–Crippen LogP) is 0.829. The molecule has 6 nitrogen and oxygen atoms in total. The molecule has 6 heteroatoms. The van der Waals surface area contributed by atoms with Crippen molar-refractivity contribution in [1.29, 1.82) is 0 Å². The van der Waals surface area contributed by atoms with Gasteiger partial charge in [0.15, 0.2) is 11.5 Å². The number of nitrogens with two attached hydrogens (primary N) is 1. The number of aromatic amines is 1. The van der Waals surface area contributed by atoms with Crippen LogP contribution >= 0.6 is 0 Å². The Balaban J connectivity index is 2.12. The van der Waals surface area contributed by atoms with E-state index in [-0.39, 0.29) is 11.8 Å². The van der Waals surface area contributed by atoms with Crippen LogP contribution in [0, 0.1) is 6.92 Å². The second-order valence-corrected chi connectivity index (χ2v) is 4.29. The Morgan fingerprint density at radius 3 is 3.06 bits per heavy atom. The summed E-state index contributed by atoms with van der Waals surface area (Å²) in [6.07, 6.45) is 2.59. The highest BCUT2D eigenvalue weighted by molar-refractivity contribution is 6.03. The fraction of sp³-hybridized carbons (Fsp3) is 0.364. The summed E-state index contributed by atoms with van der Waals surface area (Å²) in [5, 5.41) is 6.95. The van der Waals surface area contributed by atoms with E-state index >= 15 is 0 Å². The van der Waals surface area contributed by atoms with Crippen molar-refractivity contribution in [3.05, 3.63) is 23.2 Å². The van der Waals surface area contributed by atoms with Crippen LogP contribution in [0.4, 0.5) is 0 Å². The third-order valence-corrected chi connectivity index (χ3v) is 2.86. The Labute approximate surface area is 97.2 Å². The minimum Gasteiger partial charge on any atom is -0.440 e. The van der Waals surface area contributed by atoms with Gasteiger partial charge in [-0.15, -0.1) is 0 Å². The second-order valence-electron chi connectivity index (χ2n) is 4.29. The minimum absolute atomic E-state index is 0.00152. The lowest BCUT2D eigenvalue weighted by Crippen LogP contribution is -2.31. The molecule has 2 heterocycles. The Kier molecular flexibility index (Phi) is 2.12. The van der Waals surface area contributed by atoms with Crippen molar-refractivity contribution in [3.8, 4) is 11.6 Å². The number of rotatable bonds is 1. The van der Waals surface area contributed by atoms with E-state index in [1.165, 1.54) is 0 Å². The molecule has 1 atom stereocenters. The van der Waals surface area contributed by atoms with E-state index in [0.717, 1.165) is 5.69 Å². The molecule has 0 saturated carbocycles. The first-order valence-corrected chi connectivity index (χ1v) is 5.44. The number of hydrogen-bond donors (Lipinski definition) is 2. The van der Waals surface area contributed by atoms with Gasteiger partial charge in [-0.25, -0.2) is 4.98 Å². The van der Waals surface area contributed by atoms with Crippen LogP contribution < -0.4 is 5.73 Å². The maximum Gasteiger partial charge on any atom is 0.247 e. The number of Topliss-reactive ketones (excluding diaryl/α,β-unsaturated/α-hetero) is 1. The molecule has 3 rings (SSSR count). The van der Waals surface area contributed by atoms with E-state index in [1.54, 1.807) is 13.1 Å². The van der Waals surface area contributed by atoms with E-state index in [9.17, 15) is 4.79 Å². The molecule has 0 aliphatic heterocycles. The maximum absolute atomic E-state index is 11.9. The van der Waals surface area contributed by atoms with Gasteiger partial charge in [0.05, 0.1) is 11.8 Å². The van der Waals surface area contributed by atoms with Crippen LogP contribution in [0.3, 0.4) is 0 Å². The molecular weight excluding hydrogens is 220 g/mol. The van der Waals surface area contributed by atoms with Crippen molar-refractivity contribution in [3.63, 3.8) is 0 Å². The summed E-state index contributed by atoms with van der Waals surface area (Å²) in [5.41, 5.74) is 7.63. The molecular formula is C11H12N4O2. The summed E-state index contributed by atoms with van der Waals surface area (Å²) >= 11 is 0. The zero-order valence-electron chi connectivity index (χ0n) is 9.36. The summed E-state index contributed by atoms with van der Waals surface area (Å²) in [6, 6.07) is -0.130. The van der Waals surface area contributed by atoms with Gasteiger partial charge >= 0.3 is 0 Å². The molecule has 1 aliphatic rings. The number of carbonyl (C=O) groups excluding carboxylic acids is 1. The lowest BCUT2D eigenvalue weighted by atomic mass is 9.91. The van der Waals surface area contributed by atoms with Crippen molar-refractivity contribution >= 4 is 5.78 Å². The molecule has 88 valence electrons. The van der Waals surface area contributed by atoms with Crippen molar-refractivity contribution in [2.75, 3.05) is 0 Å². The van der Waals surface area contributed by atoms with Crippen molar-refractivity contribution in [2.24, 2.45) is 5.73 Å². The molecule has 3 N–H and O–H groups in total. The van der Waals surface area contributed by atoms with Gasteiger partial charge in [0.1, 0.15) is 5.76 Å². The number of hydrogen-bond acceptors (Lipinski definition) is 5. The largest absolute Gasteiger partial charge is 0.440 e. The summed E-state index contributed by atoms with van der Waals surface area (Å²) < 4.78 is 5.39. The van der Waals surface area contributed by atoms with E-state index in [0.29, 0.717) is 35.7 Å². The molecule has 2 aromatic rings. The van der Waals surface area contributed by atoms with E-state index in [1.807, 2.05) is 0 Å². The highest BCUT2D eigenvalue weighted by atomic mass is 16.4. The molecule has 0 radical (unpaired) electrons. The standard InChI is InChI=1S/C11H12N4O2/c1-5-4-13-11(17-5)10-9-7(14-15-10)2-6(12)3-8(9)16/h4,6H,2-3,12H2,1H3,(H,14,15). The Hall–Kier alpha value is -1.95. The quantitative estimate of drug-likeness (QED) is 0.758. The van der Waals surface area contributed by atoms with Crippen LogP contribution in [-0.4, -0.2) is 27.0 Å². The zero-order chi connectivity index (χ0) is 12.0. The second kappa shape index (κ2) is 3.53. The van der Waals surface area contributed by atoms with Crippen LogP contribution in [0.15, 0.2) is 10.6 Å². The fourth-order valence-electron chi connectivity index (χ4n) is 2.12. The number of carbonyl (C=O) groups is 1. The van der Waals surface area contributed by atoms with Gasteiger partial charge in [0.2, 0.25) is 5.89 Å². The Morgan fingerprint density at radius 2 is 2.35 bits per heavy atom. The van der Waals surface area contributed by atoms with Crippen LogP contribution in [0.25, 0.3) is 11.6 Å². The van der Waals surface area contributed by atoms with Gasteiger partial charge < -0.3 is 10.2 Å². The van der Waals surface area contributed by atoms with E-state index < -0.39 is 0 Å². The van der Waals surface area contributed by atoms with Gasteiger partial charge in [-0.3, -0.25) is 9.89 Å². The van der Waals surface area contributed by atoms with Crippen LogP contribution in [-0.2, 0) is 6.42 Å². The number of nitrogens with one attached hydrogen (secondary N) is 1. The predicted molar refractivity (Wildman–Crippen MR) is 59.4 cm³/mol. The van der Waals surface area contributed by atoms with E-state index in [4.69, 9.17) is 10.2 Å². The lowest BCUT2D eigenvalue weighted by molar-refractivity contribution is 0.0966. The molecule has 17 heavy (non-hydrogen) atoms. The summed E-state index contributed by atoms with van der Waals surface area (Å²) in [7, 11) is 0. The monoisotopic (exact) mass is 232 g/mol. The normalized spacial score (nSPS) is 19.4. The number of aromatic nitrogens is 3. The third-order valence-electron chi connectivity index (χ3n) is 2.86. The Bertz CT molecular complexity index is 584. The van der Waals surface area contributed by atoms with Crippen molar-refractivity contribution in [1.82, 2.24) is 15.2 Å². The van der Waals surface area contributed by atoms with Gasteiger partial charge in [0.25, 0.3) is 0 Å². The molecule has 0 saturated heterocycles. The van der Waals surface area contributed by atoms with Crippen molar-refractivity contribution in [2.45, 2.75) is 25.8 Å². The number of ketones is 1. The molecule has 0 amide bonds. The van der Waals surface area contributed by atoms with Gasteiger partial charge in [0, 0.05) is 24.6 Å². The number of aryl methyl sites for hydroxylation is 1. The number of fused-ring (bicyclic) bond motifs is 1. The maximum atomic E-state index is 11.9. The molecule has 0 spiro atoms. The molecule has 0 aromatic carbocycles. The smallest absolute Gasteiger partial charge is 0.247 e. The molecule has 1 aliphatic carbocycles. The zero-order valence-corrected chi connectivity index (χ0v) is 9.36. The third kappa shape index (κ3) is 1.57. The van der Waals surface area contributed by atoms with Gasteiger partial charge in [-0.05, 0) is 6.92 Å². The highest BCUT2D eigenvalue weighted by Gasteiger charge is 2.30.